The van der Waals surface area contributed by atoms with E-state index in [-0.39, 0.29) is 55.4 Å². The zero-order chi connectivity index (χ0) is 20.1. The van der Waals surface area contributed by atoms with Crippen LogP contribution in [0.15, 0.2) is 30.3 Å². The second-order valence-corrected chi connectivity index (χ2v) is 7.60. The van der Waals surface area contributed by atoms with Crippen LogP contribution in [0, 0.1) is 17.8 Å². The van der Waals surface area contributed by atoms with E-state index in [2.05, 4.69) is 5.32 Å². The van der Waals surface area contributed by atoms with Gasteiger partial charge < -0.3 is 19.7 Å². The van der Waals surface area contributed by atoms with Gasteiger partial charge in [-0.3, -0.25) is 9.59 Å². The van der Waals surface area contributed by atoms with Crippen molar-refractivity contribution in [2.75, 3.05) is 20.2 Å². The van der Waals surface area contributed by atoms with Crippen molar-refractivity contribution in [3.05, 3.63) is 35.9 Å². The quantitative estimate of drug-likeness (QED) is 0.725. The summed E-state index contributed by atoms with van der Waals surface area (Å²) >= 11 is 0. The van der Waals surface area contributed by atoms with Crippen molar-refractivity contribution in [1.29, 1.82) is 0 Å². The Hall–Kier alpha value is -2.57. The summed E-state index contributed by atoms with van der Waals surface area (Å²) in [6, 6.07) is 9.33. The lowest BCUT2D eigenvalue weighted by molar-refractivity contribution is -0.153. The number of rotatable bonds is 7. The molecule has 3 rings (SSSR count). The average molecular weight is 388 g/mol. The number of amides is 2. The average Bonchev–Trinajstić information content (AvgIpc) is 3.28. The lowest BCUT2D eigenvalue weighted by atomic mass is 9.84. The molecule has 2 amide bonds. The highest BCUT2D eigenvalue weighted by atomic mass is 16.6. The number of nitrogens with one attached hydrogen (secondary N) is 1. The first-order chi connectivity index (χ1) is 13.5. The number of fused-ring (bicyclic) bond motifs is 2. The second-order valence-electron chi connectivity index (χ2n) is 7.60. The van der Waals surface area contributed by atoms with Crippen LogP contribution in [0.3, 0.4) is 0 Å². The Bertz CT molecular complexity index is 708. The molecule has 0 heterocycles. The number of esters is 1. The van der Waals surface area contributed by atoms with E-state index in [4.69, 9.17) is 9.47 Å². The standard InChI is InChI=1S/C21H28N2O5/c1-3-27-21(26)23(2)12-17(24)22-19-16-10-9-15(11-16)18(19)20(25)28-13-14-7-5-4-6-8-14/h4-8,15-16,18-19H,3,9-13H2,1-2H3,(H,22,24)/t15-,16-,18+,19-/m0/s1. The molecule has 2 fully saturated rings. The number of ether oxygens (including phenoxy) is 2. The van der Waals surface area contributed by atoms with E-state index < -0.39 is 6.09 Å². The number of nitrogens with zero attached hydrogens (tertiary/aromatic N) is 1. The van der Waals surface area contributed by atoms with Crippen molar-refractivity contribution in [1.82, 2.24) is 10.2 Å². The lowest BCUT2D eigenvalue weighted by Gasteiger charge is -2.30. The van der Waals surface area contributed by atoms with Gasteiger partial charge in [0.2, 0.25) is 5.91 Å². The summed E-state index contributed by atoms with van der Waals surface area (Å²) in [5.74, 6) is -0.314. The molecule has 0 radical (unpaired) electrons. The molecule has 1 N–H and O–H groups in total. The number of hydrogen-bond acceptors (Lipinski definition) is 5. The molecule has 0 unspecified atom stereocenters. The number of benzene rings is 1. The lowest BCUT2D eigenvalue weighted by Crippen LogP contribution is -2.50. The summed E-state index contributed by atoms with van der Waals surface area (Å²) in [5.41, 5.74) is 0.940. The van der Waals surface area contributed by atoms with Gasteiger partial charge in [0.05, 0.1) is 12.5 Å². The van der Waals surface area contributed by atoms with Crippen molar-refractivity contribution < 1.29 is 23.9 Å². The normalized spacial score (nSPS) is 25.2. The first-order valence-corrected chi connectivity index (χ1v) is 9.87. The SMILES string of the molecule is CCOC(=O)N(C)CC(=O)N[C@H]1[C@H]2CC[C@@H](C2)[C@H]1C(=O)OCc1ccccc1. The highest BCUT2D eigenvalue weighted by molar-refractivity contribution is 5.83. The second kappa shape index (κ2) is 9.08. The smallest absolute Gasteiger partial charge is 0.409 e. The summed E-state index contributed by atoms with van der Waals surface area (Å²) in [6.07, 6.45) is 2.39. The Morgan fingerprint density at radius 3 is 2.54 bits per heavy atom. The van der Waals surface area contributed by atoms with Gasteiger partial charge in [-0.2, -0.15) is 0 Å². The molecule has 7 heteroatoms. The zero-order valence-electron chi connectivity index (χ0n) is 16.4. The molecule has 0 aliphatic heterocycles. The summed E-state index contributed by atoms with van der Waals surface area (Å²) < 4.78 is 10.4. The molecule has 2 aliphatic carbocycles. The number of hydrogen-bond donors (Lipinski definition) is 1. The fourth-order valence-electron chi connectivity index (χ4n) is 4.41. The van der Waals surface area contributed by atoms with Crippen LogP contribution in [0.1, 0.15) is 31.7 Å². The van der Waals surface area contributed by atoms with E-state index in [1.165, 1.54) is 11.9 Å². The van der Waals surface area contributed by atoms with Crippen LogP contribution in [0.25, 0.3) is 0 Å². The molecule has 2 bridgehead atoms. The first kappa shape index (κ1) is 20.2. The number of likely N-dealkylation sites (N-methyl/N-ethyl adjacent to an activating group) is 1. The molecule has 0 saturated heterocycles. The minimum Gasteiger partial charge on any atom is -0.461 e. The van der Waals surface area contributed by atoms with E-state index in [0.29, 0.717) is 0 Å². The minimum absolute atomic E-state index is 0.0987. The van der Waals surface area contributed by atoms with E-state index in [0.717, 1.165) is 24.8 Å². The predicted octanol–water partition coefficient (Wildman–Crippen LogP) is 2.35. The maximum absolute atomic E-state index is 12.8. The maximum Gasteiger partial charge on any atom is 0.409 e. The Labute approximate surface area is 165 Å². The van der Waals surface area contributed by atoms with Crippen LogP contribution in [-0.2, 0) is 25.7 Å². The minimum atomic E-state index is -0.538. The van der Waals surface area contributed by atoms with Gasteiger partial charge in [0, 0.05) is 13.1 Å². The Morgan fingerprint density at radius 1 is 1.11 bits per heavy atom. The van der Waals surface area contributed by atoms with Crippen LogP contribution < -0.4 is 5.32 Å². The van der Waals surface area contributed by atoms with E-state index >= 15 is 0 Å². The molecular formula is C21H28N2O5. The van der Waals surface area contributed by atoms with E-state index in [1.54, 1.807) is 6.92 Å². The molecule has 0 spiro atoms. The van der Waals surface area contributed by atoms with Crippen molar-refractivity contribution in [3.8, 4) is 0 Å². The van der Waals surface area contributed by atoms with Gasteiger partial charge in [-0.05, 0) is 43.6 Å². The summed E-state index contributed by atoms with van der Waals surface area (Å²) in [7, 11) is 1.52. The van der Waals surface area contributed by atoms with Gasteiger partial charge in [0.25, 0.3) is 0 Å². The Kier molecular flexibility index (Phi) is 6.54. The van der Waals surface area contributed by atoms with Crippen molar-refractivity contribution >= 4 is 18.0 Å². The highest BCUT2D eigenvalue weighted by Gasteiger charge is 2.52. The molecule has 7 nitrogen and oxygen atoms in total. The monoisotopic (exact) mass is 388 g/mol. The van der Waals surface area contributed by atoms with E-state index in [9.17, 15) is 14.4 Å². The highest BCUT2D eigenvalue weighted by Crippen LogP contribution is 2.49. The molecule has 152 valence electrons. The topological polar surface area (TPSA) is 84.9 Å². The molecule has 2 saturated carbocycles. The van der Waals surface area contributed by atoms with Crippen molar-refractivity contribution in [2.24, 2.45) is 17.8 Å². The molecule has 2 aliphatic rings. The largest absolute Gasteiger partial charge is 0.461 e. The van der Waals surface area contributed by atoms with Gasteiger partial charge in [-0.15, -0.1) is 0 Å². The molecule has 1 aromatic rings. The van der Waals surface area contributed by atoms with Crippen molar-refractivity contribution in [2.45, 2.75) is 38.8 Å². The fraction of sp³-hybridized carbons (Fsp3) is 0.571. The van der Waals surface area contributed by atoms with Crippen LogP contribution in [0.2, 0.25) is 0 Å². The van der Waals surface area contributed by atoms with Gasteiger partial charge in [0.15, 0.2) is 0 Å². The third-order valence-corrected chi connectivity index (χ3v) is 5.70. The zero-order valence-corrected chi connectivity index (χ0v) is 16.4. The molecular weight excluding hydrogens is 360 g/mol. The maximum atomic E-state index is 12.8. The molecule has 0 aromatic heterocycles. The van der Waals surface area contributed by atoms with Crippen LogP contribution in [0.4, 0.5) is 4.79 Å². The Morgan fingerprint density at radius 2 is 1.82 bits per heavy atom. The summed E-state index contributed by atoms with van der Waals surface area (Å²) in [6.45, 7) is 2.11. The van der Waals surface area contributed by atoms with Crippen LogP contribution >= 0.6 is 0 Å². The van der Waals surface area contributed by atoms with Gasteiger partial charge >= 0.3 is 12.1 Å². The predicted molar refractivity (Wildman–Crippen MR) is 102 cm³/mol. The van der Waals surface area contributed by atoms with Gasteiger partial charge in [-0.1, -0.05) is 30.3 Å². The van der Waals surface area contributed by atoms with Crippen LogP contribution in [0.5, 0.6) is 0 Å². The fourth-order valence-corrected chi connectivity index (χ4v) is 4.41. The molecule has 28 heavy (non-hydrogen) atoms. The molecule has 4 atom stereocenters. The molecule has 1 aromatic carbocycles. The van der Waals surface area contributed by atoms with Gasteiger partial charge in [-0.25, -0.2) is 4.79 Å². The van der Waals surface area contributed by atoms with Crippen LogP contribution in [-0.4, -0.2) is 49.1 Å². The third kappa shape index (κ3) is 4.64. The summed E-state index contributed by atoms with van der Waals surface area (Å²) in [5, 5.41) is 2.98. The number of carbonyl (C=O) groups excluding carboxylic acids is 3. The summed E-state index contributed by atoms with van der Waals surface area (Å²) in [4.78, 5) is 38.1. The first-order valence-electron chi connectivity index (χ1n) is 9.87. The van der Waals surface area contributed by atoms with Crippen molar-refractivity contribution in [3.63, 3.8) is 0 Å². The third-order valence-electron chi connectivity index (χ3n) is 5.70. The Balaban J connectivity index is 1.57. The number of carbonyl (C=O) groups is 3. The van der Waals surface area contributed by atoms with E-state index in [1.807, 2.05) is 30.3 Å². The van der Waals surface area contributed by atoms with Gasteiger partial charge in [0.1, 0.15) is 13.2 Å².